The average molecular weight is 413 g/mol. The summed E-state index contributed by atoms with van der Waals surface area (Å²) in [6.45, 7) is 11.2. The van der Waals surface area contributed by atoms with Gasteiger partial charge in [0.15, 0.2) is 0 Å². The minimum Gasteiger partial charge on any atom is -0.316 e. The summed E-state index contributed by atoms with van der Waals surface area (Å²) in [6, 6.07) is 22.3. The number of rotatable bonds is 15. The van der Waals surface area contributed by atoms with Crippen molar-refractivity contribution in [1.29, 1.82) is 0 Å². The van der Waals surface area contributed by atoms with Gasteiger partial charge in [-0.15, -0.1) is 0 Å². The summed E-state index contributed by atoms with van der Waals surface area (Å²) in [7, 11) is 0. The summed E-state index contributed by atoms with van der Waals surface area (Å²) < 4.78 is 0. The van der Waals surface area contributed by atoms with E-state index in [4.69, 9.17) is 0 Å². The molecule has 1 N–H and O–H groups in total. The van der Waals surface area contributed by atoms with Crippen molar-refractivity contribution in [3.63, 3.8) is 0 Å². The van der Waals surface area contributed by atoms with Crippen molar-refractivity contribution in [2.75, 3.05) is 18.8 Å². The lowest BCUT2D eigenvalue weighted by Gasteiger charge is -2.35. The maximum absolute atomic E-state index is 3.69. The molecule has 29 heavy (non-hydrogen) atoms. The zero-order valence-electron chi connectivity index (χ0n) is 18.6. The fourth-order valence-electron chi connectivity index (χ4n) is 3.59. The number of thioether (sulfide) groups is 1. The van der Waals surface area contributed by atoms with Crippen molar-refractivity contribution < 1.29 is 0 Å². The topological polar surface area (TPSA) is 15.3 Å². The Bertz CT molecular complexity index is 590. The van der Waals surface area contributed by atoms with Gasteiger partial charge in [-0.3, -0.25) is 4.90 Å². The minimum atomic E-state index is 0.506. The lowest BCUT2D eigenvalue weighted by atomic mass is 10.1. The molecular formula is C26H40N2S. The molecule has 160 valence electrons. The number of nitrogens with zero attached hydrogens (tertiary/aromatic N) is 1. The van der Waals surface area contributed by atoms with E-state index in [0.29, 0.717) is 11.3 Å². The normalized spacial score (nSPS) is 13.5. The molecule has 0 radical (unpaired) electrons. The Labute approximate surface area is 183 Å². The van der Waals surface area contributed by atoms with Gasteiger partial charge in [-0.1, -0.05) is 87.4 Å². The van der Waals surface area contributed by atoms with E-state index in [-0.39, 0.29) is 0 Å². The SMILES string of the molecule is CCCCCS[C@@H](CNCCC)[C@H](C)N(Cc1ccccc1)Cc1ccccc1. The highest BCUT2D eigenvalue weighted by Gasteiger charge is 2.24. The monoisotopic (exact) mass is 412 g/mol. The minimum absolute atomic E-state index is 0.506. The van der Waals surface area contributed by atoms with E-state index in [1.807, 2.05) is 0 Å². The van der Waals surface area contributed by atoms with Gasteiger partial charge in [0.1, 0.15) is 0 Å². The average Bonchev–Trinajstić information content (AvgIpc) is 2.76. The van der Waals surface area contributed by atoms with Crippen molar-refractivity contribution in [2.45, 2.75) is 70.8 Å². The van der Waals surface area contributed by atoms with Crippen molar-refractivity contribution in [2.24, 2.45) is 0 Å². The van der Waals surface area contributed by atoms with E-state index in [0.717, 1.165) is 26.2 Å². The summed E-state index contributed by atoms with van der Waals surface area (Å²) in [5, 5.41) is 4.29. The number of benzene rings is 2. The second kappa shape index (κ2) is 14.7. The molecule has 0 fully saturated rings. The molecule has 2 aromatic carbocycles. The van der Waals surface area contributed by atoms with Gasteiger partial charge in [-0.25, -0.2) is 0 Å². The first kappa shape index (κ1) is 24.0. The Hall–Kier alpha value is -1.29. The number of nitrogens with one attached hydrogen (secondary N) is 1. The first-order chi connectivity index (χ1) is 14.2. The third-order valence-electron chi connectivity index (χ3n) is 5.42. The molecule has 2 nitrogen and oxygen atoms in total. The molecule has 0 heterocycles. The van der Waals surface area contributed by atoms with Crippen molar-refractivity contribution in [3.8, 4) is 0 Å². The summed E-state index contributed by atoms with van der Waals surface area (Å²) in [4.78, 5) is 2.66. The van der Waals surface area contributed by atoms with Crippen LogP contribution in [0, 0.1) is 0 Å². The molecule has 2 rings (SSSR count). The predicted octanol–water partition coefficient (Wildman–Crippen LogP) is 6.37. The van der Waals surface area contributed by atoms with Gasteiger partial charge in [-0.2, -0.15) is 11.8 Å². The zero-order valence-corrected chi connectivity index (χ0v) is 19.5. The van der Waals surface area contributed by atoms with Crippen LogP contribution >= 0.6 is 11.8 Å². The summed E-state index contributed by atoms with van der Waals surface area (Å²) in [5.74, 6) is 1.27. The lowest BCUT2D eigenvalue weighted by molar-refractivity contribution is 0.185. The van der Waals surface area contributed by atoms with E-state index < -0.39 is 0 Å². The second-order valence-electron chi connectivity index (χ2n) is 7.94. The van der Waals surface area contributed by atoms with Crippen LogP contribution in [-0.4, -0.2) is 35.0 Å². The molecule has 0 aliphatic rings. The third-order valence-corrected chi connectivity index (χ3v) is 6.94. The molecule has 0 aliphatic heterocycles. The van der Waals surface area contributed by atoms with Gasteiger partial charge in [-0.05, 0) is 43.2 Å². The highest BCUT2D eigenvalue weighted by atomic mass is 32.2. The zero-order chi connectivity index (χ0) is 20.7. The first-order valence-electron chi connectivity index (χ1n) is 11.4. The van der Waals surface area contributed by atoms with E-state index in [2.05, 4.69) is 103 Å². The van der Waals surface area contributed by atoms with Gasteiger partial charge in [0.05, 0.1) is 0 Å². The lowest BCUT2D eigenvalue weighted by Crippen LogP contribution is -2.44. The summed E-state index contributed by atoms with van der Waals surface area (Å²) in [5.41, 5.74) is 2.79. The van der Waals surface area contributed by atoms with E-state index in [9.17, 15) is 0 Å². The van der Waals surface area contributed by atoms with Gasteiger partial charge in [0.2, 0.25) is 0 Å². The largest absolute Gasteiger partial charge is 0.316 e. The van der Waals surface area contributed by atoms with E-state index >= 15 is 0 Å². The van der Waals surface area contributed by atoms with Crippen LogP contribution in [0.5, 0.6) is 0 Å². The first-order valence-corrected chi connectivity index (χ1v) is 12.4. The van der Waals surface area contributed by atoms with E-state index in [1.165, 1.54) is 42.6 Å². The number of hydrogen-bond donors (Lipinski definition) is 1. The van der Waals surface area contributed by atoms with Crippen LogP contribution in [0.25, 0.3) is 0 Å². The fraction of sp³-hybridized carbons (Fsp3) is 0.538. The molecule has 2 atom stereocenters. The van der Waals surface area contributed by atoms with Gasteiger partial charge >= 0.3 is 0 Å². The summed E-state index contributed by atoms with van der Waals surface area (Å²) >= 11 is 2.17. The van der Waals surface area contributed by atoms with E-state index in [1.54, 1.807) is 0 Å². The molecule has 0 aromatic heterocycles. The van der Waals surface area contributed by atoms with Crippen LogP contribution < -0.4 is 5.32 Å². The predicted molar refractivity (Wildman–Crippen MR) is 131 cm³/mol. The van der Waals surface area contributed by atoms with Crippen molar-refractivity contribution in [3.05, 3.63) is 71.8 Å². The Balaban J connectivity index is 2.11. The Morgan fingerprint density at radius 3 is 1.93 bits per heavy atom. The van der Waals surface area contributed by atoms with Crippen LogP contribution in [0.2, 0.25) is 0 Å². The van der Waals surface area contributed by atoms with Crippen molar-refractivity contribution in [1.82, 2.24) is 10.2 Å². The van der Waals surface area contributed by atoms with Gasteiger partial charge in [0, 0.05) is 30.9 Å². The molecule has 3 heteroatoms. The fourth-order valence-corrected chi connectivity index (χ4v) is 4.95. The number of unbranched alkanes of at least 4 members (excludes halogenated alkanes) is 2. The molecule has 0 aliphatic carbocycles. The maximum atomic E-state index is 3.69. The van der Waals surface area contributed by atoms with Gasteiger partial charge < -0.3 is 5.32 Å². The van der Waals surface area contributed by atoms with Crippen LogP contribution in [0.4, 0.5) is 0 Å². The molecule has 0 saturated carbocycles. The Morgan fingerprint density at radius 2 is 1.41 bits per heavy atom. The number of hydrogen-bond acceptors (Lipinski definition) is 3. The standard InChI is InChI=1S/C26H40N2S/c1-4-6-13-19-29-26(20-27-18-5-2)23(3)28(21-24-14-9-7-10-15-24)22-25-16-11-8-12-17-25/h7-12,14-17,23,26-27H,4-6,13,18-22H2,1-3H3/t23-,26-/m0/s1. The maximum Gasteiger partial charge on any atom is 0.0325 e. The van der Waals surface area contributed by atoms with Crippen LogP contribution in [0.1, 0.15) is 57.6 Å². The molecule has 2 aromatic rings. The molecule has 0 bridgehead atoms. The van der Waals surface area contributed by atoms with Gasteiger partial charge in [0.25, 0.3) is 0 Å². The molecule has 0 amide bonds. The highest BCUT2D eigenvalue weighted by Crippen LogP contribution is 2.24. The second-order valence-corrected chi connectivity index (χ2v) is 9.28. The Morgan fingerprint density at radius 1 is 0.828 bits per heavy atom. The van der Waals surface area contributed by atoms with Crippen LogP contribution in [0.3, 0.4) is 0 Å². The third kappa shape index (κ3) is 9.37. The molecular weight excluding hydrogens is 372 g/mol. The molecule has 0 saturated heterocycles. The van der Waals surface area contributed by atoms with Crippen LogP contribution in [-0.2, 0) is 13.1 Å². The molecule has 0 unspecified atom stereocenters. The quantitative estimate of drug-likeness (QED) is 0.342. The van der Waals surface area contributed by atoms with Crippen molar-refractivity contribution >= 4 is 11.8 Å². The van der Waals surface area contributed by atoms with Crippen LogP contribution in [0.15, 0.2) is 60.7 Å². The smallest absolute Gasteiger partial charge is 0.0325 e. The molecule has 0 spiro atoms. The highest BCUT2D eigenvalue weighted by molar-refractivity contribution is 8.00. The Kier molecular flexibility index (Phi) is 12.1. The summed E-state index contributed by atoms with van der Waals surface area (Å²) in [6.07, 6.45) is 5.16.